The molecule has 0 spiro atoms. The van der Waals surface area contributed by atoms with E-state index in [1.807, 2.05) is 0 Å². The molecule has 0 bridgehead atoms. The third-order valence-electron chi connectivity index (χ3n) is 3.85. The van der Waals surface area contributed by atoms with Crippen molar-refractivity contribution in [1.82, 2.24) is 0 Å². The van der Waals surface area contributed by atoms with Crippen molar-refractivity contribution in [3.63, 3.8) is 0 Å². The van der Waals surface area contributed by atoms with Crippen LogP contribution in [-0.4, -0.2) is 46.2 Å². The molecule has 5 nitrogen and oxygen atoms in total. The molecule has 1 atom stereocenters. The Bertz CT molecular complexity index is 520. The van der Waals surface area contributed by atoms with E-state index in [1.165, 1.54) is 6.92 Å². The normalized spacial score (nSPS) is 16.2. The molecule has 0 aliphatic carbocycles. The molecule has 0 saturated heterocycles. The van der Waals surface area contributed by atoms with E-state index in [0.717, 1.165) is 20.8 Å². The minimum Gasteiger partial charge on any atom is -0.452 e. The average molecular weight is 396 g/mol. The molecule has 26 heavy (non-hydrogen) atoms. The fourth-order valence-corrected chi connectivity index (χ4v) is 1.91. The fourth-order valence-electron chi connectivity index (χ4n) is 1.91. The summed E-state index contributed by atoms with van der Waals surface area (Å²) in [5, 5.41) is 9.75. The van der Waals surface area contributed by atoms with Gasteiger partial charge in [0.1, 0.15) is 0 Å². The van der Waals surface area contributed by atoms with Gasteiger partial charge in [0, 0.05) is 0 Å². The molecule has 0 aliphatic heterocycles. The van der Waals surface area contributed by atoms with Crippen LogP contribution in [0.2, 0.25) is 0 Å². The first-order chi connectivity index (χ1) is 11.3. The summed E-state index contributed by atoms with van der Waals surface area (Å²) >= 11 is 0. The Morgan fingerprint density at radius 2 is 1.31 bits per heavy atom. The third-order valence-corrected chi connectivity index (χ3v) is 3.85. The van der Waals surface area contributed by atoms with Crippen molar-refractivity contribution in [2.24, 2.45) is 5.92 Å². The zero-order chi connectivity index (χ0) is 21.4. The van der Waals surface area contributed by atoms with Gasteiger partial charge >= 0.3 is 29.9 Å². The van der Waals surface area contributed by atoms with Gasteiger partial charge in [0.25, 0.3) is 0 Å². The summed E-state index contributed by atoms with van der Waals surface area (Å²) in [5.41, 5.74) is -10.9. The van der Waals surface area contributed by atoms with Crippen molar-refractivity contribution in [2.45, 2.75) is 77.1 Å². The van der Waals surface area contributed by atoms with E-state index in [9.17, 15) is 41.0 Å². The molecule has 0 fully saturated rings. The van der Waals surface area contributed by atoms with Crippen LogP contribution < -0.4 is 0 Å². The van der Waals surface area contributed by atoms with Gasteiger partial charge in [-0.2, -0.15) is 26.3 Å². The lowest BCUT2D eigenvalue weighted by molar-refractivity contribution is -0.409. The molecule has 0 aliphatic rings. The zero-order valence-corrected chi connectivity index (χ0v) is 15.1. The Hall–Kier alpha value is -1.52. The first kappa shape index (κ1) is 24.5. The van der Waals surface area contributed by atoms with E-state index in [0.29, 0.717) is 13.8 Å². The first-order valence-electron chi connectivity index (χ1n) is 7.59. The van der Waals surface area contributed by atoms with Crippen molar-refractivity contribution in [3.05, 3.63) is 0 Å². The molecule has 0 amide bonds. The van der Waals surface area contributed by atoms with Gasteiger partial charge in [-0.05, 0) is 27.2 Å². The van der Waals surface area contributed by atoms with Crippen molar-refractivity contribution in [1.29, 1.82) is 0 Å². The topological polar surface area (TPSA) is 72.8 Å². The number of carbonyl (C=O) groups is 2. The SMILES string of the molecule is CCC(C)(O)C(=O)OC(C)(C)C(OC(=O)C(C)C)(C(F)(F)F)C(F)(F)F. The quantitative estimate of drug-likeness (QED) is 0.549. The summed E-state index contributed by atoms with van der Waals surface area (Å²) in [6, 6.07) is 0. The van der Waals surface area contributed by atoms with Crippen molar-refractivity contribution < 1.29 is 50.5 Å². The summed E-state index contributed by atoms with van der Waals surface area (Å²) in [5.74, 6) is -4.82. The molecule has 0 aromatic heterocycles. The van der Waals surface area contributed by atoms with E-state index >= 15 is 0 Å². The van der Waals surface area contributed by atoms with Crippen LogP contribution in [0.5, 0.6) is 0 Å². The molecule has 0 rings (SSSR count). The van der Waals surface area contributed by atoms with E-state index in [4.69, 9.17) is 0 Å². The monoisotopic (exact) mass is 396 g/mol. The predicted octanol–water partition coefficient (Wildman–Crippen LogP) is 3.53. The van der Waals surface area contributed by atoms with Gasteiger partial charge in [-0.25, -0.2) is 4.79 Å². The third kappa shape index (κ3) is 4.41. The van der Waals surface area contributed by atoms with Crippen LogP contribution in [0.15, 0.2) is 0 Å². The highest BCUT2D eigenvalue weighted by molar-refractivity contribution is 5.79. The number of rotatable bonds is 6. The highest BCUT2D eigenvalue weighted by Crippen LogP contribution is 2.53. The Kier molecular flexibility index (Phi) is 6.82. The Labute approximate surface area is 146 Å². The van der Waals surface area contributed by atoms with Gasteiger partial charge in [-0.1, -0.05) is 20.8 Å². The van der Waals surface area contributed by atoms with Crippen LogP contribution in [0, 0.1) is 5.92 Å². The highest BCUT2D eigenvalue weighted by Gasteiger charge is 2.82. The molecule has 0 saturated carbocycles. The smallest absolute Gasteiger partial charge is 0.441 e. The second-order valence-corrected chi connectivity index (χ2v) is 6.78. The number of alkyl halides is 6. The van der Waals surface area contributed by atoms with Crippen LogP contribution in [0.25, 0.3) is 0 Å². The maximum Gasteiger partial charge on any atom is 0.441 e. The fraction of sp³-hybridized carbons (Fsp3) is 0.867. The maximum atomic E-state index is 13.6. The lowest BCUT2D eigenvalue weighted by Gasteiger charge is -2.46. The van der Waals surface area contributed by atoms with Crippen LogP contribution in [0.4, 0.5) is 26.3 Å². The summed E-state index contributed by atoms with van der Waals surface area (Å²) in [7, 11) is 0. The van der Waals surface area contributed by atoms with E-state index in [-0.39, 0.29) is 6.42 Å². The van der Waals surface area contributed by atoms with Crippen LogP contribution >= 0.6 is 0 Å². The van der Waals surface area contributed by atoms with E-state index < -0.39 is 47.0 Å². The molecule has 0 aromatic rings. The van der Waals surface area contributed by atoms with Gasteiger partial charge in [-0.15, -0.1) is 0 Å². The van der Waals surface area contributed by atoms with Crippen LogP contribution in [-0.2, 0) is 19.1 Å². The van der Waals surface area contributed by atoms with Crippen molar-refractivity contribution in [3.8, 4) is 0 Å². The highest BCUT2D eigenvalue weighted by atomic mass is 19.4. The molecular formula is C15H22F6O5. The minimum absolute atomic E-state index is 0.311. The summed E-state index contributed by atoms with van der Waals surface area (Å²) < 4.78 is 89.7. The van der Waals surface area contributed by atoms with Crippen LogP contribution in [0.3, 0.4) is 0 Å². The molecule has 1 unspecified atom stereocenters. The van der Waals surface area contributed by atoms with E-state index in [1.54, 1.807) is 0 Å². The standard InChI is InChI=1S/C15H22F6O5/c1-7-12(6,24)10(23)26-11(4,5)13(14(16,17)18,15(19,20)21)25-9(22)8(2)3/h8,24H,7H2,1-6H3. The minimum atomic E-state index is -6.17. The second-order valence-electron chi connectivity index (χ2n) is 6.78. The average Bonchev–Trinajstić information content (AvgIpc) is 2.40. The maximum absolute atomic E-state index is 13.6. The number of halogens is 6. The number of carbonyl (C=O) groups excluding carboxylic acids is 2. The summed E-state index contributed by atoms with van der Waals surface area (Å²) in [6.45, 7) is 4.85. The number of aliphatic hydroxyl groups is 1. The Morgan fingerprint density at radius 1 is 0.923 bits per heavy atom. The van der Waals surface area contributed by atoms with Crippen molar-refractivity contribution in [2.75, 3.05) is 0 Å². The first-order valence-corrected chi connectivity index (χ1v) is 7.59. The summed E-state index contributed by atoms with van der Waals surface area (Å²) in [4.78, 5) is 23.5. The molecular weight excluding hydrogens is 374 g/mol. The van der Waals surface area contributed by atoms with Crippen molar-refractivity contribution >= 4 is 11.9 Å². The molecule has 11 heteroatoms. The lowest BCUT2D eigenvalue weighted by atomic mass is 9.83. The zero-order valence-electron chi connectivity index (χ0n) is 15.1. The van der Waals surface area contributed by atoms with Crippen LogP contribution in [0.1, 0.15) is 48.0 Å². The largest absolute Gasteiger partial charge is 0.452 e. The lowest BCUT2D eigenvalue weighted by Crippen LogP contribution is -2.72. The molecule has 1 N–H and O–H groups in total. The Morgan fingerprint density at radius 3 is 1.58 bits per heavy atom. The molecule has 0 aromatic carbocycles. The van der Waals surface area contributed by atoms with Gasteiger partial charge in [0.05, 0.1) is 5.92 Å². The number of ether oxygens (including phenoxy) is 2. The van der Waals surface area contributed by atoms with Gasteiger partial charge in [0.15, 0.2) is 11.2 Å². The molecule has 0 radical (unpaired) electrons. The Balaban J connectivity index is 6.46. The number of hydrogen-bond acceptors (Lipinski definition) is 5. The van der Waals surface area contributed by atoms with Gasteiger partial charge in [-0.3, -0.25) is 4.79 Å². The predicted molar refractivity (Wildman–Crippen MR) is 76.9 cm³/mol. The number of hydrogen-bond donors (Lipinski definition) is 1. The number of esters is 2. The van der Waals surface area contributed by atoms with Gasteiger partial charge in [0.2, 0.25) is 0 Å². The van der Waals surface area contributed by atoms with Gasteiger partial charge < -0.3 is 14.6 Å². The molecule has 154 valence electrons. The molecule has 0 heterocycles. The van der Waals surface area contributed by atoms with E-state index in [2.05, 4.69) is 9.47 Å². The second kappa shape index (κ2) is 7.24. The summed E-state index contributed by atoms with van der Waals surface area (Å²) in [6.07, 6.45) is -12.7.